The number of benzene rings is 2. The monoisotopic (exact) mass is 380 g/mol. The maximum atomic E-state index is 13.9. The van der Waals surface area contributed by atoms with Crippen molar-refractivity contribution in [3.05, 3.63) is 75.3 Å². The number of morpholine rings is 1. The summed E-state index contributed by atoms with van der Waals surface area (Å²) in [7, 11) is 0. The fraction of sp³-hybridized carbons (Fsp3) is 0.273. The quantitative estimate of drug-likeness (QED) is 0.706. The fourth-order valence-electron chi connectivity index (χ4n) is 3.67. The number of Topliss-reactive ketones (excluding diaryl/α,β-unsaturated/α-hetero) is 1. The molecule has 144 valence electrons. The van der Waals surface area contributed by atoms with Crippen LogP contribution in [0.5, 0.6) is 0 Å². The van der Waals surface area contributed by atoms with Gasteiger partial charge >= 0.3 is 0 Å². The lowest BCUT2D eigenvalue weighted by Crippen LogP contribution is -2.37. The normalized spacial score (nSPS) is 14.4. The van der Waals surface area contributed by atoms with E-state index < -0.39 is 5.82 Å². The summed E-state index contributed by atoms with van der Waals surface area (Å²) in [4.78, 5) is 29.5. The Morgan fingerprint density at radius 3 is 2.71 bits per heavy atom. The van der Waals surface area contributed by atoms with Crippen LogP contribution in [0, 0.1) is 12.7 Å². The molecular formula is C22H21FN2O3. The highest BCUT2D eigenvalue weighted by Crippen LogP contribution is 2.25. The molecule has 0 saturated carbocycles. The summed E-state index contributed by atoms with van der Waals surface area (Å²) in [6.45, 7) is 4.40. The van der Waals surface area contributed by atoms with Gasteiger partial charge in [-0.3, -0.25) is 9.59 Å². The number of H-pyrrole nitrogens is 1. The molecule has 1 fully saturated rings. The molecule has 0 amide bonds. The molecule has 1 aliphatic heterocycles. The second kappa shape index (κ2) is 7.56. The van der Waals surface area contributed by atoms with Gasteiger partial charge in [0.1, 0.15) is 5.82 Å². The number of aromatic nitrogens is 1. The molecule has 3 aromatic rings. The average molecular weight is 380 g/mol. The summed E-state index contributed by atoms with van der Waals surface area (Å²) in [5, 5.41) is 0.901. The third-order valence-electron chi connectivity index (χ3n) is 5.09. The lowest BCUT2D eigenvalue weighted by molar-refractivity contribution is 0.0990. The summed E-state index contributed by atoms with van der Waals surface area (Å²) >= 11 is 0. The van der Waals surface area contributed by atoms with Crippen molar-refractivity contribution in [2.75, 3.05) is 31.2 Å². The van der Waals surface area contributed by atoms with Gasteiger partial charge in [-0.25, -0.2) is 4.39 Å². The number of aryl methyl sites for hydroxylation is 1. The van der Waals surface area contributed by atoms with Gasteiger partial charge in [0, 0.05) is 47.7 Å². The number of pyridine rings is 1. The SMILES string of the molecule is Cc1cc(=O)[nH]c2ccc(CC(=O)c3cc(F)ccc3N3CCOCC3)cc12. The van der Waals surface area contributed by atoms with E-state index in [0.717, 1.165) is 27.7 Å². The van der Waals surface area contributed by atoms with Crippen LogP contribution < -0.4 is 10.5 Å². The van der Waals surface area contributed by atoms with Crippen molar-refractivity contribution in [1.29, 1.82) is 0 Å². The number of carbonyl (C=O) groups is 1. The Balaban J connectivity index is 1.66. The number of halogens is 1. The highest BCUT2D eigenvalue weighted by Gasteiger charge is 2.20. The van der Waals surface area contributed by atoms with Crippen LogP contribution in [0.15, 0.2) is 47.3 Å². The minimum atomic E-state index is -0.424. The van der Waals surface area contributed by atoms with Crippen LogP contribution in [0.25, 0.3) is 10.9 Å². The van der Waals surface area contributed by atoms with E-state index in [-0.39, 0.29) is 17.8 Å². The molecule has 2 heterocycles. The Labute approximate surface area is 161 Å². The average Bonchev–Trinajstić information content (AvgIpc) is 2.69. The number of anilines is 1. The predicted molar refractivity (Wildman–Crippen MR) is 107 cm³/mol. The van der Waals surface area contributed by atoms with Crippen molar-refractivity contribution >= 4 is 22.4 Å². The molecule has 2 aromatic carbocycles. The summed E-state index contributed by atoms with van der Waals surface area (Å²) in [6, 6.07) is 11.4. The van der Waals surface area contributed by atoms with Crippen LogP contribution in [-0.2, 0) is 11.2 Å². The van der Waals surface area contributed by atoms with Crippen LogP contribution in [0.3, 0.4) is 0 Å². The minimum Gasteiger partial charge on any atom is -0.378 e. The van der Waals surface area contributed by atoms with Gasteiger partial charge in [0.25, 0.3) is 0 Å². The predicted octanol–water partition coefficient (Wildman–Crippen LogP) is 3.24. The van der Waals surface area contributed by atoms with Crippen LogP contribution >= 0.6 is 0 Å². The number of nitrogens with one attached hydrogen (secondary N) is 1. The third-order valence-corrected chi connectivity index (χ3v) is 5.09. The highest BCUT2D eigenvalue weighted by molar-refractivity contribution is 6.03. The van der Waals surface area contributed by atoms with Gasteiger partial charge in [-0.05, 0) is 48.4 Å². The number of ketones is 1. The molecule has 4 rings (SSSR count). The second-order valence-corrected chi connectivity index (χ2v) is 7.06. The maximum Gasteiger partial charge on any atom is 0.248 e. The molecule has 0 atom stereocenters. The standard InChI is InChI=1S/C22H21FN2O3/c1-14-10-22(27)24-19-4-2-15(11-17(14)19)12-21(26)18-13-16(23)3-5-20(18)25-6-8-28-9-7-25/h2-5,10-11,13H,6-9,12H2,1H3,(H,24,27). The zero-order chi connectivity index (χ0) is 19.7. The Morgan fingerprint density at radius 2 is 1.93 bits per heavy atom. The van der Waals surface area contributed by atoms with Gasteiger partial charge in [-0.15, -0.1) is 0 Å². The van der Waals surface area contributed by atoms with Crippen molar-refractivity contribution in [3.8, 4) is 0 Å². The summed E-state index contributed by atoms with van der Waals surface area (Å²) in [5.74, 6) is -0.560. The van der Waals surface area contributed by atoms with Gasteiger partial charge in [-0.1, -0.05) is 6.07 Å². The van der Waals surface area contributed by atoms with Gasteiger partial charge in [0.05, 0.1) is 13.2 Å². The first kappa shape index (κ1) is 18.4. The second-order valence-electron chi connectivity index (χ2n) is 7.06. The van der Waals surface area contributed by atoms with E-state index in [9.17, 15) is 14.0 Å². The van der Waals surface area contributed by atoms with Gasteiger partial charge in [0.2, 0.25) is 5.56 Å². The molecule has 0 spiro atoms. The summed E-state index contributed by atoms with van der Waals surface area (Å²) in [5.41, 5.74) is 3.40. The van der Waals surface area contributed by atoms with E-state index in [0.29, 0.717) is 31.9 Å². The van der Waals surface area contributed by atoms with E-state index in [4.69, 9.17) is 4.74 Å². The fourth-order valence-corrected chi connectivity index (χ4v) is 3.67. The van der Waals surface area contributed by atoms with Crippen molar-refractivity contribution in [3.63, 3.8) is 0 Å². The Bertz CT molecular complexity index is 1100. The molecule has 0 unspecified atom stereocenters. The molecule has 1 aromatic heterocycles. The van der Waals surface area contributed by atoms with Crippen molar-refractivity contribution < 1.29 is 13.9 Å². The van der Waals surface area contributed by atoms with Crippen LogP contribution in [0.4, 0.5) is 10.1 Å². The first-order chi connectivity index (χ1) is 13.5. The number of rotatable bonds is 4. The molecule has 28 heavy (non-hydrogen) atoms. The first-order valence-electron chi connectivity index (χ1n) is 9.29. The van der Waals surface area contributed by atoms with E-state index in [1.807, 2.05) is 19.1 Å². The number of ether oxygens (including phenoxy) is 1. The van der Waals surface area contributed by atoms with Gasteiger partial charge in [0.15, 0.2) is 5.78 Å². The number of fused-ring (bicyclic) bond motifs is 1. The van der Waals surface area contributed by atoms with Crippen LogP contribution in [0.1, 0.15) is 21.5 Å². The number of hydrogen-bond acceptors (Lipinski definition) is 4. The number of carbonyl (C=O) groups excluding carboxylic acids is 1. The van der Waals surface area contributed by atoms with E-state index in [1.54, 1.807) is 12.1 Å². The molecule has 6 heteroatoms. The summed E-state index contributed by atoms with van der Waals surface area (Å²) in [6.07, 6.45) is 0.162. The summed E-state index contributed by atoms with van der Waals surface area (Å²) < 4.78 is 19.3. The molecular weight excluding hydrogens is 359 g/mol. The zero-order valence-corrected chi connectivity index (χ0v) is 15.6. The molecule has 0 radical (unpaired) electrons. The molecule has 0 bridgehead atoms. The van der Waals surface area contributed by atoms with Crippen LogP contribution in [0.2, 0.25) is 0 Å². The lowest BCUT2D eigenvalue weighted by Gasteiger charge is -2.30. The zero-order valence-electron chi connectivity index (χ0n) is 15.6. The topological polar surface area (TPSA) is 62.4 Å². The Kier molecular flexibility index (Phi) is 4.96. The van der Waals surface area contributed by atoms with Crippen LogP contribution in [-0.4, -0.2) is 37.1 Å². The number of nitrogens with zero attached hydrogens (tertiary/aromatic N) is 1. The minimum absolute atomic E-state index is 0.137. The van der Waals surface area contributed by atoms with Crippen molar-refractivity contribution in [1.82, 2.24) is 4.98 Å². The maximum absolute atomic E-state index is 13.9. The van der Waals surface area contributed by atoms with E-state index in [1.165, 1.54) is 18.2 Å². The third kappa shape index (κ3) is 3.68. The molecule has 0 aliphatic carbocycles. The van der Waals surface area contributed by atoms with Crippen molar-refractivity contribution in [2.24, 2.45) is 0 Å². The number of hydrogen-bond donors (Lipinski definition) is 1. The molecule has 1 saturated heterocycles. The molecule has 5 nitrogen and oxygen atoms in total. The Morgan fingerprint density at radius 1 is 1.14 bits per heavy atom. The molecule has 1 N–H and O–H groups in total. The highest BCUT2D eigenvalue weighted by atomic mass is 19.1. The largest absolute Gasteiger partial charge is 0.378 e. The van der Waals surface area contributed by atoms with Gasteiger partial charge in [-0.2, -0.15) is 0 Å². The first-order valence-corrected chi connectivity index (χ1v) is 9.29. The Hall–Kier alpha value is -2.99. The van der Waals surface area contributed by atoms with Gasteiger partial charge < -0.3 is 14.6 Å². The van der Waals surface area contributed by atoms with E-state index >= 15 is 0 Å². The number of aromatic amines is 1. The lowest BCUT2D eigenvalue weighted by atomic mass is 9.98. The smallest absolute Gasteiger partial charge is 0.248 e. The van der Waals surface area contributed by atoms with Crippen molar-refractivity contribution in [2.45, 2.75) is 13.3 Å². The van der Waals surface area contributed by atoms with E-state index in [2.05, 4.69) is 9.88 Å². The molecule has 1 aliphatic rings.